The summed E-state index contributed by atoms with van der Waals surface area (Å²) in [6.45, 7) is 11.9. The summed E-state index contributed by atoms with van der Waals surface area (Å²) < 4.78 is 12.7. The van der Waals surface area contributed by atoms with E-state index in [0.717, 1.165) is 0 Å². The van der Waals surface area contributed by atoms with Crippen LogP contribution in [0.15, 0.2) is 54.7 Å². The minimum absolute atomic E-state index is 0.0399. The second-order valence-electron chi connectivity index (χ2n) is 10.5. The molecule has 0 aliphatic rings. The molecule has 2 heterocycles. The lowest BCUT2D eigenvalue weighted by atomic mass is 9.98. The average Bonchev–Trinajstić information content (AvgIpc) is 3.10. The fourth-order valence-electron chi connectivity index (χ4n) is 3.27. The van der Waals surface area contributed by atoms with Gasteiger partial charge in [-0.05, 0) is 23.0 Å². The van der Waals surface area contributed by atoms with E-state index in [2.05, 4.69) is 0 Å². The number of esters is 2. The molecule has 0 saturated heterocycles. The fraction of sp³-hybridized carbons (Fsp3) is 0.370. The van der Waals surface area contributed by atoms with E-state index >= 15 is 0 Å². The minimum Gasteiger partial charge on any atom is -0.461 e. The van der Waals surface area contributed by atoms with Gasteiger partial charge < -0.3 is 13.9 Å². The molecule has 0 aliphatic heterocycles. The van der Waals surface area contributed by atoms with Gasteiger partial charge in [0.2, 0.25) is 5.78 Å². The van der Waals surface area contributed by atoms with Crippen molar-refractivity contribution < 1.29 is 23.9 Å². The van der Waals surface area contributed by atoms with Gasteiger partial charge in [0.15, 0.2) is 0 Å². The third kappa shape index (κ3) is 5.69. The van der Waals surface area contributed by atoms with E-state index in [9.17, 15) is 14.4 Å². The number of ether oxygens (including phenoxy) is 2. The van der Waals surface area contributed by atoms with Gasteiger partial charge in [0.25, 0.3) is 0 Å². The summed E-state index contributed by atoms with van der Waals surface area (Å²) in [6, 6.07) is 13.8. The first-order valence-corrected chi connectivity index (χ1v) is 11.0. The van der Waals surface area contributed by atoms with E-state index in [1.54, 1.807) is 59.1 Å². The number of hydrogen-bond acceptors (Lipinski definition) is 5. The molecule has 3 aromatic rings. The van der Waals surface area contributed by atoms with Gasteiger partial charge in [0.05, 0.1) is 18.7 Å². The molecule has 0 unspecified atom stereocenters. The fourth-order valence-corrected chi connectivity index (χ4v) is 3.27. The predicted octanol–water partition coefficient (Wildman–Crippen LogP) is 5.58. The first-order chi connectivity index (χ1) is 15.4. The summed E-state index contributed by atoms with van der Waals surface area (Å²) in [5.41, 5.74) is 0.319. The highest BCUT2D eigenvalue weighted by Gasteiger charge is 2.34. The smallest absolute Gasteiger partial charge is 0.341 e. The second-order valence-corrected chi connectivity index (χ2v) is 10.5. The van der Waals surface area contributed by atoms with Gasteiger partial charge in [-0.25, -0.2) is 9.59 Å². The number of carbonyl (C=O) groups is 3. The Bertz CT molecular complexity index is 1180. The molecule has 0 saturated carbocycles. The zero-order chi connectivity index (χ0) is 24.4. The molecule has 0 amide bonds. The molecule has 3 rings (SSSR count). The molecule has 0 radical (unpaired) electrons. The average molecular weight is 450 g/mol. The second kappa shape index (κ2) is 9.22. The van der Waals surface area contributed by atoms with Crippen molar-refractivity contribution in [3.05, 3.63) is 77.1 Å². The van der Waals surface area contributed by atoms with E-state index in [4.69, 9.17) is 9.47 Å². The Morgan fingerprint density at radius 3 is 1.79 bits per heavy atom. The summed E-state index contributed by atoms with van der Waals surface area (Å²) in [5.74, 6) is -1.77. The molecule has 0 atom stereocenters. The Labute approximate surface area is 194 Å². The molecule has 0 bridgehead atoms. The third-order valence-electron chi connectivity index (χ3n) is 4.78. The van der Waals surface area contributed by atoms with E-state index < -0.39 is 11.9 Å². The summed E-state index contributed by atoms with van der Waals surface area (Å²) in [4.78, 5) is 40.2. The summed E-state index contributed by atoms with van der Waals surface area (Å²) in [7, 11) is 0. The van der Waals surface area contributed by atoms with Crippen molar-refractivity contribution in [3.63, 3.8) is 0 Å². The number of pyridine rings is 1. The number of rotatable bonds is 6. The van der Waals surface area contributed by atoms with Crippen molar-refractivity contribution >= 4 is 23.2 Å². The summed E-state index contributed by atoms with van der Waals surface area (Å²) in [6.07, 6.45) is 1.66. The number of aromatic nitrogens is 1. The van der Waals surface area contributed by atoms with E-state index in [-0.39, 0.29) is 46.6 Å². The standard InChI is InChI=1S/C27H31NO5/c1-26(2,3)16-32-24(30)20-19-14-10-11-15-28(19)22(23(29)18-12-8-7-9-13-18)21(20)25(31)33-17-27(4,5)6/h7-15H,16-17H2,1-6H3. The van der Waals surface area contributed by atoms with Crippen molar-refractivity contribution in [1.29, 1.82) is 0 Å². The number of fused-ring (bicyclic) bond motifs is 1. The molecule has 0 fully saturated rings. The Balaban J connectivity index is 2.22. The summed E-state index contributed by atoms with van der Waals surface area (Å²) >= 11 is 0. The van der Waals surface area contributed by atoms with Crippen LogP contribution in [0.2, 0.25) is 0 Å². The molecule has 1 aromatic carbocycles. The predicted molar refractivity (Wildman–Crippen MR) is 127 cm³/mol. The lowest BCUT2D eigenvalue weighted by Crippen LogP contribution is -2.23. The SMILES string of the molecule is CC(C)(C)COC(=O)c1c(C(=O)OCC(C)(C)C)c2ccccn2c1C(=O)c1ccccc1. The molecule has 174 valence electrons. The van der Waals surface area contributed by atoms with Gasteiger partial charge >= 0.3 is 11.9 Å². The van der Waals surface area contributed by atoms with Crippen LogP contribution in [0.25, 0.3) is 5.52 Å². The van der Waals surface area contributed by atoms with Crippen molar-refractivity contribution in [1.82, 2.24) is 4.40 Å². The third-order valence-corrected chi connectivity index (χ3v) is 4.78. The van der Waals surface area contributed by atoms with Gasteiger partial charge in [0.1, 0.15) is 16.8 Å². The number of carbonyl (C=O) groups excluding carboxylic acids is 3. The van der Waals surface area contributed by atoms with Crippen LogP contribution in [0.1, 0.15) is 78.3 Å². The number of ketones is 1. The molecule has 6 heteroatoms. The molecule has 33 heavy (non-hydrogen) atoms. The number of benzene rings is 1. The van der Waals surface area contributed by atoms with Crippen LogP contribution in [0.5, 0.6) is 0 Å². The maximum absolute atomic E-state index is 13.6. The van der Waals surface area contributed by atoms with Gasteiger partial charge in [-0.3, -0.25) is 4.79 Å². The minimum atomic E-state index is -0.726. The normalized spacial score (nSPS) is 11.9. The summed E-state index contributed by atoms with van der Waals surface area (Å²) in [5, 5.41) is 0. The van der Waals surface area contributed by atoms with Crippen molar-refractivity contribution in [2.45, 2.75) is 41.5 Å². The molecule has 6 nitrogen and oxygen atoms in total. The van der Waals surface area contributed by atoms with Gasteiger partial charge in [-0.15, -0.1) is 0 Å². The van der Waals surface area contributed by atoms with Crippen LogP contribution in [0.3, 0.4) is 0 Å². The molecule has 0 aliphatic carbocycles. The Morgan fingerprint density at radius 1 is 0.727 bits per heavy atom. The Hall–Kier alpha value is -3.41. The van der Waals surface area contributed by atoms with Crippen molar-refractivity contribution in [2.24, 2.45) is 10.8 Å². The Morgan fingerprint density at radius 2 is 1.24 bits per heavy atom. The first kappa shape index (κ1) is 24.2. The van der Waals surface area contributed by atoms with Gasteiger partial charge in [0, 0.05) is 11.8 Å². The molecule has 0 spiro atoms. The maximum atomic E-state index is 13.6. The number of nitrogens with zero attached hydrogens (tertiary/aromatic N) is 1. The van der Waals surface area contributed by atoms with Crippen LogP contribution in [0, 0.1) is 10.8 Å². The van der Waals surface area contributed by atoms with Crippen molar-refractivity contribution in [2.75, 3.05) is 13.2 Å². The van der Waals surface area contributed by atoms with Crippen LogP contribution in [-0.2, 0) is 9.47 Å². The highest BCUT2D eigenvalue weighted by molar-refractivity contribution is 6.19. The van der Waals surface area contributed by atoms with Crippen molar-refractivity contribution in [3.8, 4) is 0 Å². The van der Waals surface area contributed by atoms with E-state index in [0.29, 0.717) is 11.1 Å². The largest absolute Gasteiger partial charge is 0.461 e. The zero-order valence-electron chi connectivity index (χ0n) is 20.1. The lowest BCUT2D eigenvalue weighted by molar-refractivity contribution is 0.0324. The zero-order valence-corrected chi connectivity index (χ0v) is 20.1. The van der Waals surface area contributed by atoms with Gasteiger partial charge in [-0.2, -0.15) is 0 Å². The monoisotopic (exact) mass is 449 g/mol. The topological polar surface area (TPSA) is 74.1 Å². The van der Waals surface area contributed by atoms with Gasteiger partial charge in [-0.1, -0.05) is 77.9 Å². The first-order valence-electron chi connectivity index (χ1n) is 11.0. The number of hydrogen-bond donors (Lipinski definition) is 0. The molecule has 0 N–H and O–H groups in total. The molecule has 2 aromatic heterocycles. The molecular formula is C27H31NO5. The highest BCUT2D eigenvalue weighted by atomic mass is 16.5. The van der Waals surface area contributed by atoms with Crippen LogP contribution in [-0.4, -0.2) is 35.3 Å². The van der Waals surface area contributed by atoms with Crippen LogP contribution >= 0.6 is 0 Å². The van der Waals surface area contributed by atoms with Crippen LogP contribution in [0.4, 0.5) is 0 Å². The quantitative estimate of drug-likeness (QED) is 0.363. The van der Waals surface area contributed by atoms with E-state index in [1.807, 2.05) is 41.5 Å². The highest BCUT2D eigenvalue weighted by Crippen LogP contribution is 2.29. The molecular weight excluding hydrogens is 418 g/mol. The van der Waals surface area contributed by atoms with Crippen LogP contribution < -0.4 is 0 Å². The van der Waals surface area contributed by atoms with E-state index in [1.165, 1.54) is 0 Å². The maximum Gasteiger partial charge on any atom is 0.341 e. The Kier molecular flexibility index (Phi) is 6.77. The lowest BCUT2D eigenvalue weighted by Gasteiger charge is -2.19.